The maximum absolute atomic E-state index is 13.9. The first-order valence-electron chi connectivity index (χ1n) is 13.8. The van der Waals surface area contributed by atoms with Crippen LogP contribution in [-0.2, 0) is 33.9 Å². The lowest BCUT2D eigenvalue weighted by Gasteiger charge is -2.29. The van der Waals surface area contributed by atoms with E-state index in [1.54, 1.807) is 24.3 Å². The second-order valence-corrected chi connectivity index (χ2v) is 10.2. The second-order valence-electron chi connectivity index (χ2n) is 10.2. The molecule has 1 fully saturated rings. The van der Waals surface area contributed by atoms with Crippen molar-refractivity contribution in [1.82, 2.24) is 15.1 Å². The zero-order valence-corrected chi connectivity index (χ0v) is 23.2. The van der Waals surface area contributed by atoms with Crippen molar-refractivity contribution in [2.75, 3.05) is 13.1 Å². The summed E-state index contributed by atoms with van der Waals surface area (Å²) in [6, 6.07) is 24.2. The highest BCUT2D eigenvalue weighted by Gasteiger charge is 2.33. The number of nitrogens with two attached hydrogens (primary N) is 1. The van der Waals surface area contributed by atoms with Gasteiger partial charge in [-0.05, 0) is 54.0 Å². The molecule has 0 bridgehead atoms. The van der Waals surface area contributed by atoms with E-state index in [-0.39, 0.29) is 43.6 Å². The molecule has 0 radical (unpaired) electrons. The zero-order valence-electron chi connectivity index (χ0n) is 23.2. The number of urea groups is 1. The fraction of sp³-hybridized carbons (Fsp3) is 0.281. The van der Waals surface area contributed by atoms with Crippen LogP contribution >= 0.6 is 0 Å². The third-order valence-electron chi connectivity index (χ3n) is 6.83. The Morgan fingerprint density at radius 3 is 2.02 bits per heavy atom. The van der Waals surface area contributed by atoms with Crippen LogP contribution in [0.25, 0.3) is 0 Å². The molecule has 0 saturated heterocycles. The molecule has 3 aromatic carbocycles. The van der Waals surface area contributed by atoms with E-state index >= 15 is 0 Å². The standard InChI is InChI=1S/C32H34N4O6/c33-31(40)42-27-15-13-23(14-16-27)17-18-36(29(38)19-24-11-12-24)32(41)35(21-26-9-5-2-6-10-26)22-28(37)30(39)34-20-25-7-3-1-4-8-25/h1-10,13-16,24H,11-12,17-22H2,(H2,33,40)(H,34,39). The van der Waals surface area contributed by atoms with Crippen LogP contribution in [0.1, 0.15) is 36.0 Å². The van der Waals surface area contributed by atoms with Crippen molar-refractivity contribution in [1.29, 1.82) is 0 Å². The number of hydrogen-bond acceptors (Lipinski definition) is 6. The predicted molar refractivity (Wildman–Crippen MR) is 155 cm³/mol. The molecule has 0 aliphatic heterocycles. The Bertz CT molecular complexity index is 1390. The Labute approximate surface area is 244 Å². The second kappa shape index (κ2) is 14.6. The number of nitrogens with one attached hydrogen (secondary N) is 1. The molecular formula is C32H34N4O6. The highest BCUT2D eigenvalue weighted by atomic mass is 16.5. The molecule has 5 amide bonds. The van der Waals surface area contributed by atoms with E-state index in [0.717, 1.165) is 29.5 Å². The minimum absolute atomic E-state index is 0.0454. The van der Waals surface area contributed by atoms with Crippen LogP contribution < -0.4 is 15.8 Å². The summed E-state index contributed by atoms with van der Waals surface area (Å²) in [4.78, 5) is 66.3. The summed E-state index contributed by atoms with van der Waals surface area (Å²) in [6.07, 6.45) is 1.52. The molecule has 0 heterocycles. The number of nitrogens with zero attached hydrogens (tertiary/aromatic N) is 2. The number of carbonyl (C=O) groups is 5. The number of ether oxygens (including phenoxy) is 1. The average molecular weight is 571 g/mol. The number of benzene rings is 3. The summed E-state index contributed by atoms with van der Waals surface area (Å²) >= 11 is 0. The van der Waals surface area contributed by atoms with Gasteiger partial charge in [-0.25, -0.2) is 9.59 Å². The Morgan fingerprint density at radius 2 is 1.43 bits per heavy atom. The molecule has 0 atom stereocenters. The van der Waals surface area contributed by atoms with E-state index in [9.17, 15) is 24.0 Å². The lowest BCUT2D eigenvalue weighted by molar-refractivity contribution is -0.138. The molecule has 0 aromatic heterocycles. The lowest BCUT2D eigenvalue weighted by Crippen LogP contribution is -2.50. The SMILES string of the molecule is NC(=O)Oc1ccc(CCN(C(=O)CC2CC2)C(=O)N(CC(=O)C(=O)NCc2ccccc2)Cc2ccccc2)cc1. The molecule has 1 aliphatic carbocycles. The maximum atomic E-state index is 13.9. The lowest BCUT2D eigenvalue weighted by atomic mass is 10.1. The zero-order chi connectivity index (χ0) is 29.9. The molecule has 1 saturated carbocycles. The van der Waals surface area contributed by atoms with Crippen LogP contribution in [0.15, 0.2) is 84.9 Å². The van der Waals surface area contributed by atoms with Gasteiger partial charge < -0.3 is 20.7 Å². The molecule has 10 nitrogen and oxygen atoms in total. The average Bonchev–Trinajstić information content (AvgIpc) is 3.81. The molecule has 3 aromatic rings. The van der Waals surface area contributed by atoms with Crippen LogP contribution in [0.4, 0.5) is 9.59 Å². The minimum Gasteiger partial charge on any atom is -0.411 e. The van der Waals surface area contributed by atoms with E-state index in [2.05, 4.69) is 5.32 Å². The van der Waals surface area contributed by atoms with Gasteiger partial charge in [0.05, 0.1) is 6.54 Å². The maximum Gasteiger partial charge on any atom is 0.409 e. The highest BCUT2D eigenvalue weighted by molar-refractivity contribution is 6.37. The molecule has 218 valence electrons. The van der Waals surface area contributed by atoms with Gasteiger partial charge in [0, 0.05) is 26.1 Å². The summed E-state index contributed by atoms with van der Waals surface area (Å²) in [5, 5.41) is 2.61. The smallest absolute Gasteiger partial charge is 0.409 e. The summed E-state index contributed by atoms with van der Waals surface area (Å²) in [5.74, 6) is -1.39. The molecule has 0 spiro atoms. The number of amides is 5. The first kappa shape index (κ1) is 30.0. The fourth-order valence-corrected chi connectivity index (χ4v) is 4.37. The van der Waals surface area contributed by atoms with E-state index in [1.807, 2.05) is 60.7 Å². The van der Waals surface area contributed by atoms with E-state index in [0.29, 0.717) is 6.42 Å². The topological polar surface area (TPSA) is 139 Å². The molecule has 10 heteroatoms. The number of Topliss-reactive ketones (excluding diaryl/α,β-unsaturated/α-hetero) is 1. The van der Waals surface area contributed by atoms with Crippen molar-refractivity contribution in [3.8, 4) is 5.75 Å². The Balaban J connectivity index is 1.48. The van der Waals surface area contributed by atoms with Gasteiger partial charge in [0.25, 0.3) is 5.91 Å². The number of ketones is 1. The van der Waals surface area contributed by atoms with E-state index < -0.39 is 30.4 Å². The van der Waals surface area contributed by atoms with Gasteiger partial charge in [-0.3, -0.25) is 19.3 Å². The summed E-state index contributed by atoms with van der Waals surface area (Å²) < 4.78 is 4.86. The van der Waals surface area contributed by atoms with Gasteiger partial charge in [-0.1, -0.05) is 72.8 Å². The van der Waals surface area contributed by atoms with Crippen LogP contribution in [0.5, 0.6) is 5.75 Å². The van der Waals surface area contributed by atoms with Crippen LogP contribution in [0.2, 0.25) is 0 Å². The Kier molecular flexibility index (Phi) is 10.4. The molecular weight excluding hydrogens is 536 g/mol. The third-order valence-corrected chi connectivity index (χ3v) is 6.83. The Hall–Kier alpha value is -4.99. The van der Waals surface area contributed by atoms with Gasteiger partial charge in [0.1, 0.15) is 5.75 Å². The fourth-order valence-electron chi connectivity index (χ4n) is 4.37. The molecule has 3 N–H and O–H groups in total. The quantitative estimate of drug-likeness (QED) is 0.300. The van der Waals surface area contributed by atoms with Crippen molar-refractivity contribution < 1.29 is 28.7 Å². The highest BCUT2D eigenvalue weighted by Crippen LogP contribution is 2.33. The van der Waals surface area contributed by atoms with Crippen molar-refractivity contribution in [2.24, 2.45) is 11.7 Å². The predicted octanol–water partition coefficient (Wildman–Crippen LogP) is 3.82. The van der Waals surface area contributed by atoms with Gasteiger partial charge in [-0.2, -0.15) is 0 Å². The molecule has 0 unspecified atom stereocenters. The number of hydrogen-bond donors (Lipinski definition) is 2. The number of imide groups is 1. The number of carbonyl (C=O) groups excluding carboxylic acids is 5. The van der Waals surface area contributed by atoms with E-state index in [4.69, 9.17) is 10.5 Å². The minimum atomic E-state index is -0.924. The largest absolute Gasteiger partial charge is 0.411 e. The van der Waals surface area contributed by atoms with Crippen molar-refractivity contribution in [2.45, 2.75) is 38.8 Å². The Morgan fingerprint density at radius 1 is 0.810 bits per heavy atom. The van der Waals surface area contributed by atoms with Crippen molar-refractivity contribution in [3.05, 3.63) is 102 Å². The normalized spacial score (nSPS) is 12.2. The van der Waals surface area contributed by atoms with Gasteiger partial charge >= 0.3 is 12.1 Å². The van der Waals surface area contributed by atoms with Gasteiger partial charge in [0.15, 0.2) is 0 Å². The third kappa shape index (κ3) is 9.29. The van der Waals surface area contributed by atoms with Gasteiger partial charge in [0.2, 0.25) is 11.7 Å². The molecule has 1 aliphatic rings. The van der Waals surface area contributed by atoms with Gasteiger partial charge in [-0.15, -0.1) is 0 Å². The van der Waals surface area contributed by atoms with E-state index in [1.165, 1.54) is 9.80 Å². The molecule has 4 rings (SSSR count). The number of primary amides is 1. The molecule has 42 heavy (non-hydrogen) atoms. The van der Waals surface area contributed by atoms with Crippen molar-refractivity contribution in [3.63, 3.8) is 0 Å². The van der Waals surface area contributed by atoms with Crippen LogP contribution in [0.3, 0.4) is 0 Å². The van der Waals surface area contributed by atoms with Crippen LogP contribution in [-0.4, -0.2) is 52.6 Å². The van der Waals surface area contributed by atoms with Crippen molar-refractivity contribution >= 4 is 29.7 Å². The first-order chi connectivity index (χ1) is 20.3. The summed E-state index contributed by atoms with van der Waals surface area (Å²) in [7, 11) is 0. The monoisotopic (exact) mass is 570 g/mol. The summed E-state index contributed by atoms with van der Waals surface area (Å²) in [5.41, 5.74) is 7.44. The summed E-state index contributed by atoms with van der Waals surface area (Å²) in [6.45, 7) is -0.197. The first-order valence-corrected chi connectivity index (χ1v) is 13.8. The van der Waals surface area contributed by atoms with Crippen LogP contribution in [0, 0.1) is 5.92 Å². The number of rotatable bonds is 13.